The molecular formula is C16H19N3O2S2. The van der Waals surface area contributed by atoms with Crippen LogP contribution in [0.3, 0.4) is 0 Å². The van der Waals surface area contributed by atoms with Crippen molar-refractivity contribution < 1.29 is 9.53 Å². The van der Waals surface area contributed by atoms with Crippen molar-refractivity contribution in [3.63, 3.8) is 0 Å². The molecule has 4 heterocycles. The molecule has 0 unspecified atom stereocenters. The first-order valence-electron chi connectivity index (χ1n) is 7.83. The zero-order chi connectivity index (χ0) is 15.6. The number of rotatable bonds is 3. The van der Waals surface area contributed by atoms with E-state index >= 15 is 0 Å². The SMILES string of the molecule is O=C(c1cscn1)N1CCO[C@@H]2CN(Cc3cccs3)C[C@@H]2C1. The van der Waals surface area contributed by atoms with Crippen molar-refractivity contribution in [2.24, 2.45) is 5.92 Å². The lowest BCUT2D eigenvalue weighted by molar-refractivity contribution is 0.0501. The standard InChI is InChI=1S/C16H19N3O2S2/c20-16(14-10-22-11-17-14)19-3-4-21-15-9-18(6-12(15)7-19)8-13-2-1-5-23-13/h1-2,5,10-12,15H,3-4,6-9H2/t12-,15-/m1/s1. The Morgan fingerprint density at radius 1 is 1.39 bits per heavy atom. The summed E-state index contributed by atoms with van der Waals surface area (Å²) in [6.45, 7) is 4.97. The van der Waals surface area contributed by atoms with Gasteiger partial charge in [0.2, 0.25) is 0 Å². The minimum atomic E-state index is 0.0345. The highest BCUT2D eigenvalue weighted by Gasteiger charge is 2.37. The molecule has 5 nitrogen and oxygen atoms in total. The molecule has 2 aliphatic heterocycles. The summed E-state index contributed by atoms with van der Waals surface area (Å²) in [5, 5.41) is 3.94. The Bertz CT molecular complexity index is 644. The van der Waals surface area contributed by atoms with Crippen molar-refractivity contribution in [2.75, 3.05) is 32.8 Å². The van der Waals surface area contributed by atoms with Crippen LogP contribution in [0.2, 0.25) is 0 Å². The van der Waals surface area contributed by atoms with E-state index in [4.69, 9.17) is 4.74 Å². The number of hydrogen-bond acceptors (Lipinski definition) is 6. The van der Waals surface area contributed by atoms with Crippen LogP contribution in [0.15, 0.2) is 28.4 Å². The Balaban J connectivity index is 1.41. The summed E-state index contributed by atoms with van der Waals surface area (Å²) in [7, 11) is 0. The van der Waals surface area contributed by atoms with Crippen LogP contribution in [0.4, 0.5) is 0 Å². The van der Waals surface area contributed by atoms with Crippen LogP contribution >= 0.6 is 22.7 Å². The second-order valence-electron chi connectivity index (χ2n) is 6.07. The predicted molar refractivity (Wildman–Crippen MR) is 90.8 cm³/mol. The highest BCUT2D eigenvalue weighted by molar-refractivity contribution is 7.09. The van der Waals surface area contributed by atoms with Crippen molar-refractivity contribution in [3.8, 4) is 0 Å². The Kier molecular flexibility index (Phi) is 4.43. The first-order valence-corrected chi connectivity index (χ1v) is 9.65. The number of thiophene rings is 1. The van der Waals surface area contributed by atoms with Gasteiger partial charge >= 0.3 is 0 Å². The van der Waals surface area contributed by atoms with E-state index in [0.717, 1.165) is 26.2 Å². The average Bonchev–Trinajstić information content (AvgIpc) is 3.28. The zero-order valence-corrected chi connectivity index (χ0v) is 14.4. The molecule has 0 bridgehead atoms. The van der Waals surface area contributed by atoms with Gasteiger partial charge in [0.15, 0.2) is 0 Å². The summed E-state index contributed by atoms with van der Waals surface area (Å²) in [6, 6.07) is 4.27. The molecule has 2 aromatic heterocycles. The van der Waals surface area contributed by atoms with Gasteiger partial charge in [-0.3, -0.25) is 9.69 Å². The summed E-state index contributed by atoms with van der Waals surface area (Å²) in [5.74, 6) is 0.423. The summed E-state index contributed by atoms with van der Waals surface area (Å²) >= 11 is 3.26. The minimum absolute atomic E-state index is 0.0345. The van der Waals surface area contributed by atoms with Crippen LogP contribution in [0.1, 0.15) is 15.4 Å². The number of fused-ring (bicyclic) bond motifs is 1. The molecule has 7 heteroatoms. The number of ether oxygens (including phenoxy) is 1. The van der Waals surface area contributed by atoms with Crippen molar-refractivity contribution in [1.29, 1.82) is 0 Å². The van der Waals surface area contributed by atoms with Gasteiger partial charge in [-0.2, -0.15) is 0 Å². The fourth-order valence-corrected chi connectivity index (χ4v) is 4.67. The fraction of sp³-hybridized carbons (Fsp3) is 0.500. The number of hydrogen-bond donors (Lipinski definition) is 0. The van der Waals surface area contributed by atoms with Gasteiger partial charge in [-0.05, 0) is 11.4 Å². The molecule has 4 rings (SSSR count). The number of aromatic nitrogens is 1. The third-order valence-electron chi connectivity index (χ3n) is 4.50. The highest BCUT2D eigenvalue weighted by atomic mass is 32.1. The average molecular weight is 349 g/mol. The lowest BCUT2D eigenvalue weighted by Crippen LogP contribution is -2.37. The molecule has 2 saturated heterocycles. The molecule has 2 aliphatic rings. The predicted octanol–water partition coefficient (Wildman–Crippen LogP) is 2.18. The lowest BCUT2D eigenvalue weighted by Gasteiger charge is -2.22. The fourth-order valence-electron chi connectivity index (χ4n) is 3.40. The lowest BCUT2D eigenvalue weighted by atomic mass is 10.1. The van der Waals surface area contributed by atoms with Gasteiger partial charge in [-0.15, -0.1) is 22.7 Å². The van der Waals surface area contributed by atoms with Crippen molar-refractivity contribution >= 4 is 28.6 Å². The van der Waals surface area contributed by atoms with E-state index in [2.05, 4.69) is 27.4 Å². The van der Waals surface area contributed by atoms with Gasteiger partial charge in [0.05, 0.1) is 18.2 Å². The van der Waals surface area contributed by atoms with E-state index in [-0.39, 0.29) is 12.0 Å². The largest absolute Gasteiger partial charge is 0.375 e. The van der Waals surface area contributed by atoms with Crippen LogP contribution in [0.5, 0.6) is 0 Å². The quantitative estimate of drug-likeness (QED) is 0.852. The maximum atomic E-state index is 12.5. The van der Waals surface area contributed by atoms with Crippen LogP contribution in [0.25, 0.3) is 0 Å². The van der Waals surface area contributed by atoms with Crippen LogP contribution in [-0.2, 0) is 11.3 Å². The van der Waals surface area contributed by atoms with E-state index in [1.165, 1.54) is 16.2 Å². The molecule has 0 N–H and O–H groups in total. The molecule has 0 aliphatic carbocycles. The molecule has 0 saturated carbocycles. The van der Waals surface area contributed by atoms with Gasteiger partial charge in [0, 0.05) is 48.9 Å². The zero-order valence-electron chi connectivity index (χ0n) is 12.8. The number of amides is 1. The second-order valence-corrected chi connectivity index (χ2v) is 7.82. The first-order chi connectivity index (χ1) is 11.3. The monoisotopic (exact) mass is 349 g/mol. The molecule has 0 spiro atoms. The molecule has 2 aromatic rings. The second kappa shape index (κ2) is 6.68. The van der Waals surface area contributed by atoms with Gasteiger partial charge in [0.25, 0.3) is 5.91 Å². The summed E-state index contributed by atoms with van der Waals surface area (Å²) < 4.78 is 6.02. The molecule has 1 amide bonds. The summed E-state index contributed by atoms with van der Waals surface area (Å²) in [5.41, 5.74) is 2.27. The maximum absolute atomic E-state index is 12.5. The minimum Gasteiger partial charge on any atom is -0.375 e. The van der Waals surface area contributed by atoms with Crippen molar-refractivity contribution in [1.82, 2.24) is 14.8 Å². The third-order valence-corrected chi connectivity index (χ3v) is 5.95. The summed E-state index contributed by atoms with van der Waals surface area (Å²) in [4.78, 5) is 22.4. The Hall–Kier alpha value is -1.28. The number of thiazole rings is 1. The molecule has 0 aromatic carbocycles. The number of carbonyl (C=O) groups excluding carboxylic acids is 1. The molecular weight excluding hydrogens is 330 g/mol. The molecule has 122 valence electrons. The van der Waals surface area contributed by atoms with E-state index in [1.807, 2.05) is 10.3 Å². The van der Waals surface area contributed by atoms with Crippen LogP contribution < -0.4 is 0 Å². The number of carbonyl (C=O) groups is 1. The van der Waals surface area contributed by atoms with E-state index < -0.39 is 0 Å². The Morgan fingerprint density at radius 3 is 3.13 bits per heavy atom. The normalized spacial score (nSPS) is 25.3. The van der Waals surface area contributed by atoms with E-state index in [0.29, 0.717) is 24.8 Å². The third kappa shape index (κ3) is 3.33. The Morgan fingerprint density at radius 2 is 2.35 bits per heavy atom. The van der Waals surface area contributed by atoms with Crippen LogP contribution in [0, 0.1) is 5.92 Å². The topological polar surface area (TPSA) is 45.7 Å². The maximum Gasteiger partial charge on any atom is 0.273 e. The first kappa shape index (κ1) is 15.3. The van der Waals surface area contributed by atoms with Crippen molar-refractivity contribution in [3.05, 3.63) is 39.0 Å². The van der Waals surface area contributed by atoms with Crippen LogP contribution in [-0.4, -0.2) is 59.6 Å². The summed E-state index contributed by atoms with van der Waals surface area (Å²) in [6.07, 6.45) is 0.239. The van der Waals surface area contributed by atoms with Gasteiger partial charge in [-0.1, -0.05) is 6.07 Å². The van der Waals surface area contributed by atoms with E-state index in [9.17, 15) is 4.79 Å². The number of likely N-dealkylation sites (tertiary alicyclic amines) is 1. The van der Waals surface area contributed by atoms with Gasteiger partial charge in [0.1, 0.15) is 5.69 Å². The molecule has 2 atom stereocenters. The smallest absolute Gasteiger partial charge is 0.273 e. The Labute approximate surface area is 143 Å². The van der Waals surface area contributed by atoms with Gasteiger partial charge < -0.3 is 9.64 Å². The van der Waals surface area contributed by atoms with Gasteiger partial charge in [-0.25, -0.2) is 4.98 Å². The molecule has 2 fully saturated rings. The van der Waals surface area contributed by atoms with Crippen molar-refractivity contribution in [2.45, 2.75) is 12.6 Å². The molecule has 23 heavy (non-hydrogen) atoms. The highest BCUT2D eigenvalue weighted by Crippen LogP contribution is 2.26. The van der Waals surface area contributed by atoms with E-state index in [1.54, 1.807) is 16.8 Å². The molecule has 0 radical (unpaired) electrons. The number of nitrogens with zero attached hydrogens (tertiary/aromatic N) is 3.